The van der Waals surface area contributed by atoms with Crippen LogP contribution in [0, 0.1) is 56.7 Å². The van der Waals surface area contributed by atoms with Gasteiger partial charge in [-0.15, -0.1) is 0 Å². The molecule has 4 N–H and O–H groups in total. The summed E-state index contributed by atoms with van der Waals surface area (Å²) in [6, 6.07) is 0.494. The normalized spacial score (nSPS) is 28.1. The van der Waals surface area contributed by atoms with E-state index in [4.69, 9.17) is 10.5 Å². The Morgan fingerprint density at radius 1 is 0.463 bits per heavy atom. The summed E-state index contributed by atoms with van der Waals surface area (Å²) < 4.78 is 30.8. The highest BCUT2D eigenvalue weighted by molar-refractivity contribution is 4.84. The third kappa shape index (κ3) is 22.0. The fraction of sp³-hybridized carbons (Fsp3) is 1.00. The van der Waals surface area contributed by atoms with Crippen molar-refractivity contribution in [2.24, 2.45) is 62.4 Å². The second-order valence-electron chi connectivity index (χ2n) is 23.5. The number of hydrogen-bond donors (Lipinski definition) is 3. The van der Waals surface area contributed by atoms with Gasteiger partial charge in [-0.1, -0.05) is 104 Å². The molecular weight excluding hydrogens is 675 g/mol. The number of alkyl halides is 2. The van der Waals surface area contributed by atoms with Crippen LogP contribution in [-0.2, 0) is 4.74 Å². The molecule has 5 aliphatic rings. The fourth-order valence-corrected chi connectivity index (χ4v) is 9.08. The number of aliphatic hydroxyl groups is 1. The minimum atomic E-state index is -2.37. The van der Waals surface area contributed by atoms with Gasteiger partial charge in [0, 0.05) is 32.1 Å². The minimum Gasteiger partial charge on any atom is -0.393 e. The molecular formula is C48H96F2N2O2. The Morgan fingerprint density at radius 3 is 1.07 bits per heavy atom. The van der Waals surface area contributed by atoms with Gasteiger partial charge in [0.1, 0.15) is 0 Å². The van der Waals surface area contributed by atoms with Crippen LogP contribution in [0.4, 0.5) is 8.78 Å². The molecule has 4 nitrogen and oxygen atoms in total. The average Bonchev–Trinajstić information content (AvgIpc) is 3.05. The molecule has 3 saturated carbocycles. The molecule has 0 aromatic carbocycles. The zero-order valence-electron chi connectivity index (χ0n) is 38.9. The highest BCUT2D eigenvalue weighted by atomic mass is 19.3. The van der Waals surface area contributed by atoms with Crippen molar-refractivity contribution < 1.29 is 18.6 Å². The van der Waals surface area contributed by atoms with Crippen LogP contribution in [0.25, 0.3) is 0 Å². The molecule has 6 heteroatoms. The van der Waals surface area contributed by atoms with E-state index in [1.807, 2.05) is 0 Å². The Labute approximate surface area is 336 Å². The van der Waals surface area contributed by atoms with Crippen molar-refractivity contribution in [2.45, 2.75) is 225 Å². The van der Waals surface area contributed by atoms with Gasteiger partial charge in [-0.2, -0.15) is 0 Å². The van der Waals surface area contributed by atoms with Gasteiger partial charge in [-0.05, 0) is 160 Å². The van der Waals surface area contributed by atoms with Crippen molar-refractivity contribution in [3.05, 3.63) is 0 Å². The lowest BCUT2D eigenvalue weighted by molar-refractivity contribution is -0.0583. The van der Waals surface area contributed by atoms with E-state index in [9.17, 15) is 13.9 Å². The topological polar surface area (TPSA) is 67.5 Å². The predicted molar refractivity (Wildman–Crippen MR) is 231 cm³/mol. The summed E-state index contributed by atoms with van der Waals surface area (Å²) in [5, 5.41) is 12.7. The number of hydrogen-bond acceptors (Lipinski definition) is 4. The summed E-state index contributed by atoms with van der Waals surface area (Å²) in [5.74, 6) is 1.65. The molecule has 0 aromatic rings. The molecule has 0 bridgehead atoms. The van der Waals surface area contributed by atoms with Gasteiger partial charge in [0.25, 0.3) is 0 Å². The van der Waals surface area contributed by atoms with Gasteiger partial charge < -0.3 is 20.9 Å². The monoisotopic (exact) mass is 771 g/mol. The van der Waals surface area contributed by atoms with E-state index in [1.165, 1.54) is 77.3 Å². The Morgan fingerprint density at radius 2 is 0.759 bits per heavy atom. The molecule has 0 spiro atoms. The molecule has 5 rings (SSSR count). The van der Waals surface area contributed by atoms with E-state index in [-0.39, 0.29) is 24.4 Å². The number of nitrogens with one attached hydrogen (secondary N) is 1. The van der Waals surface area contributed by atoms with Crippen molar-refractivity contribution in [3.63, 3.8) is 0 Å². The van der Waals surface area contributed by atoms with Crippen molar-refractivity contribution in [2.75, 3.05) is 26.3 Å². The van der Waals surface area contributed by atoms with Gasteiger partial charge in [0.15, 0.2) is 0 Å². The smallest absolute Gasteiger partial charge is 0.248 e. The van der Waals surface area contributed by atoms with Crippen LogP contribution in [0.5, 0.6) is 0 Å². The average molecular weight is 771 g/mol. The molecule has 3 aliphatic carbocycles. The first kappa shape index (κ1) is 51.7. The molecule has 324 valence electrons. The highest BCUT2D eigenvalue weighted by Crippen LogP contribution is 2.43. The van der Waals surface area contributed by atoms with E-state index in [2.05, 4.69) is 109 Å². The molecule has 2 saturated heterocycles. The second kappa shape index (κ2) is 22.7. The molecule has 0 radical (unpaired) electrons. The maximum atomic E-state index is 12.8. The molecule has 0 unspecified atom stereocenters. The maximum absolute atomic E-state index is 12.8. The zero-order valence-corrected chi connectivity index (χ0v) is 38.9. The fourth-order valence-electron chi connectivity index (χ4n) is 9.08. The van der Waals surface area contributed by atoms with Gasteiger partial charge in [-0.25, -0.2) is 8.78 Å². The summed E-state index contributed by atoms with van der Waals surface area (Å²) in [6.45, 7) is 38.8. The Kier molecular flexibility index (Phi) is 21.8. The first-order valence-electron chi connectivity index (χ1n) is 22.6. The van der Waals surface area contributed by atoms with E-state index in [1.54, 1.807) is 0 Å². The molecule has 2 aliphatic heterocycles. The van der Waals surface area contributed by atoms with Crippen molar-refractivity contribution in [1.29, 1.82) is 0 Å². The van der Waals surface area contributed by atoms with Crippen molar-refractivity contribution >= 4 is 0 Å². The van der Waals surface area contributed by atoms with Crippen molar-refractivity contribution in [1.82, 2.24) is 5.32 Å². The lowest BCUT2D eigenvalue weighted by atomic mass is 9.71. The number of halogens is 2. The summed E-state index contributed by atoms with van der Waals surface area (Å²) in [4.78, 5) is 0. The summed E-state index contributed by atoms with van der Waals surface area (Å²) in [6.07, 6.45) is 16.4. The lowest BCUT2D eigenvalue weighted by Crippen LogP contribution is -2.34. The quantitative estimate of drug-likeness (QED) is 0.229. The third-order valence-electron chi connectivity index (χ3n) is 13.9. The van der Waals surface area contributed by atoms with Crippen LogP contribution in [-0.4, -0.2) is 49.5 Å². The van der Waals surface area contributed by atoms with Crippen LogP contribution in [0.1, 0.15) is 207 Å². The largest absolute Gasteiger partial charge is 0.393 e. The number of ether oxygens (including phenoxy) is 1. The number of nitrogens with two attached hydrogens (primary N) is 1. The maximum Gasteiger partial charge on any atom is 0.248 e. The SMILES string of the molecule is CC(C)(C)C1CCC(F)(F)CC1.CC(C)(C)C1CCC(N)CC1.CC(C)(C)C1CCC(O)CC1.CC(C)(C)C1CCNCC1.CC(C)(C)C1CCOCC1. The van der Waals surface area contributed by atoms with Crippen LogP contribution >= 0.6 is 0 Å². The van der Waals surface area contributed by atoms with Crippen molar-refractivity contribution in [3.8, 4) is 0 Å². The number of aliphatic hydroxyl groups excluding tert-OH is 1. The van der Waals surface area contributed by atoms with E-state index in [0.29, 0.717) is 46.5 Å². The molecule has 5 fully saturated rings. The molecule has 0 amide bonds. The van der Waals surface area contributed by atoms with Gasteiger partial charge in [0.2, 0.25) is 5.92 Å². The first-order chi connectivity index (χ1) is 24.5. The lowest BCUT2D eigenvalue weighted by Gasteiger charge is -2.36. The first-order valence-corrected chi connectivity index (χ1v) is 22.6. The van der Waals surface area contributed by atoms with Crippen LogP contribution in [0.2, 0.25) is 0 Å². The van der Waals surface area contributed by atoms with Crippen LogP contribution < -0.4 is 11.1 Å². The van der Waals surface area contributed by atoms with Gasteiger partial charge >= 0.3 is 0 Å². The summed E-state index contributed by atoms with van der Waals surface area (Å²) >= 11 is 0. The number of rotatable bonds is 0. The van der Waals surface area contributed by atoms with Gasteiger partial charge in [-0.3, -0.25) is 0 Å². The zero-order chi connectivity index (χ0) is 41.6. The Balaban J connectivity index is 0.000000338. The van der Waals surface area contributed by atoms with Gasteiger partial charge in [0.05, 0.1) is 6.10 Å². The van der Waals surface area contributed by atoms with E-state index >= 15 is 0 Å². The molecule has 0 atom stereocenters. The minimum absolute atomic E-state index is 0.00593. The van der Waals surface area contributed by atoms with E-state index < -0.39 is 5.92 Å². The van der Waals surface area contributed by atoms with Crippen LogP contribution in [0.15, 0.2) is 0 Å². The summed E-state index contributed by atoms with van der Waals surface area (Å²) in [5.41, 5.74) is 8.01. The summed E-state index contributed by atoms with van der Waals surface area (Å²) in [7, 11) is 0. The van der Waals surface area contributed by atoms with E-state index in [0.717, 1.165) is 49.7 Å². The highest BCUT2D eigenvalue weighted by Gasteiger charge is 2.38. The number of piperidine rings is 1. The molecule has 54 heavy (non-hydrogen) atoms. The molecule has 0 aromatic heterocycles. The standard InChI is InChI=1S/C10H18F2.C10H21N.C10H20O.C9H19N.C9H18O/c1-9(2,3)8-4-6-10(11,12)7-5-8;2*1-10(2,3)8-4-6-9(11)7-5-8;2*1-9(2,3)8-4-6-10-7-5-8/h8H,4-7H2,1-3H3;8-9H,4-7,11H2,1-3H3;8-9,11H,4-7H2,1-3H3;8,10H,4-7H2,1-3H3;8H,4-7H2,1-3H3. The predicted octanol–water partition coefficient (Wildman–Crippen LogP) is 13.5. The Bertz CT molecular complexity index is 883. The third-order valence-corrected chi connectivity index (χ3v) is 13.9. The molecule has 2 heterocycles. The van der Waals surface area contributed by atoms with Crippen LogP contribution in [0.3, 0.4) is 0 Å². The Hall–Kier alpha value is -0.300. The second-order valence-corrected chi connectivity index (χ2v) is 23.5.